The van der Waals surface area contributed by atoms with Crippen molar-refractivity contribution in [3.05, 3.63) is 59.7 Å². The molecule has 0 aromatic heterocycles. The molecule has 23 heavy (non-hydrogen) atoms. The number of anilines is 2. The molecule has 0 N–H and O–H groups in total. The summed E-state index contributed by atoms with van der Waals surface area (Å²) in [6.07, 6.45) is 2.41. The third-order valence-electron chi connectivity index (χ3n) is 4.25. The molecule has 0 aliphatic carbocycles. The summed E-state index contributed by atoms with van der Waals surface area (Å²) in [6.45, 7) is 10.2. The molecular weight excluding hydrogens is 414 g/mol. The highest BCUT2D eigenvalue weighted by Crippen LogP contribution is 2.55. The van der Waals surface area contributed by atoms with Crippen molar-refractivity contribution in [2.75, 3.05) is 42.4 Å². The van der Waals surface area contributed by atoms with Crippen molar-refractivity contribution in [3.8, 4) is 0 Å². The highest BCUT2D eigenvalue weighted by atomic mass is 127. The summed E-state index contributed by atoms with van der Waals surface area (Å²) >= 11 is 0. The second-order valence-electron chi connectivity index (χ2n) is 7.11. The number of aryl methyl sites for hydroxylation is 2. The van der Waals surface area contributed by atoms with Gasteiger partial charge in [0.05, 0.1) is 20.0 Å². The Kier molecular flexibility index (Phi) is 5.96. The Balaban J connectivity index is 0.00000192. The minimum atomic E-state index is -0.952. The lowest BCUT2D eigenvalue weighted by Crippen LogP contribution is -3.00. The smallest absolute Gasteiger partial charge is 0.133 e. The fourth-order valence-electron chi connectivity index (χ4n) is 3.10. The van der Waals surface area contributed by atoms with Crippen LogP contribution in [0.5, 0.6) is 0 Å². The lowest BCUT2D eigenvalue weighted by molar-refractivity contribution is -0.00000480. The van der Waals surface area contributed by atoms with E-state index in [4.69, 9.17) is 0 Å². The van der Waals surface area contributed by atoms with E-state index in [0.717, 1.165) is 6.67 Å². The Morgan fingerprint density at radius 3 is 1.39 bits per heavy atom. The van der Waals surface area contributed by atoms with E-state index >= 15 is 0 Å². The van der Waals surface area contributed by atoms with Crippen LogP contribution in [0.1, 0.15) is 11.1 Å². The van der Waals surface area contributed by atoms with Crippen molar-refractivity contribution >= 4 is 18.6 Å². The zero-order valence-corrected chi connectivity index (χ0v) is 17.5. The van der Waals surface area contributed by atoms with Crippen LogP contribution in [0.15, 0.2) is 48.5 Å². The third kappa shape index (κ3) is 4.60. The molecule has 2 aromatic rings. The molecule has 0 radical (unpaired) electrons. The Bertz CT molecular complexity index is 582. The first kappa shape index (κ1) is 18.5. The monoisotopic (exact) mass is 440 g/mol. The van der Waals surface area contributed by atoms with Gasteiger partial charge < -0.3 is 33.8 Å². The minimum Gasteiger partial charge on any atom is -1.00 e. The van der Waals surface area contributed by atoms with Gasteiger partial charge in [0.15, 0.2) is 0 Å². The first-order valence-electron chi connectivity index (χ1n) is 7.88. The maximum absolute atomic E-state index is 2.54. The van der Waals surface area contributed by atoms with Gasteiger partial charge in [-0.2, -0.15) is 0 Å². The fraction of sp³-hybridized carbons (Fsp3) is 0.368. The van der Waals surface area contributed by atoms with E-state index in [1.807, 2.05) is 0 Å². The van der Waals surface area contributed by atoms with Crippen molar-refractivity contribution < 1.29 is 24.0 Å². The summed E-state index contributed by atoms with van der Waals surface area (Å²) in [5, 5.41) is 0. The molecule has 0 unspecified atom stereocenters. The summed E-state index contributed by atoms with van der Waals surface area (Å²) in [5.41, 5.74) is 5.33. The molecule has 1 heterocycles. The van der Waals surface area contributed by atoms with Gasteiger partial charge in [0.25, 0.3) is 0 Å². The quantitative estimate of drug-likeness (QED) is 0.519. The van der Waals surface area contributed by atoms with Gasteiger partial charge in [-0.1, -0.05) is 35.4 Å². The molecule has 2 aromatic carbocycles. The van der Waals surface area contributed by atoms with Crippen molar-refractivity contribution in [3.63, 3.8) is 0 Å². The molecule has 1 aliphatic heterocycles. The van der Waals surface area contributed by atoms with Crippen molar-refractivity contribution in [1.82, 2.24) is 0 Å². The maximum atomic E-state index is 2.54. The molecule has 1 saturated heterocycles. The second-order valence-corrected chi connectivity index (χ2v) is 11.5. The van der Waals surface area contributed by atoms with Gasteiger partial charge in [0.2, 0.25) is 0 Å². The molecule has 1 aliphatic rings. The van der Waals surface area contributed by atoms with E-state index in [1.54, 1.807) is 0 Å². The van der Waals surface area contributed by atoms with Crippen LogP contribution in [0.3, 0.4) is 0 Å². The molecule has 0 saturated carbocycles. The average Bonchev–Trinajstić information content (AvgIpc) is 2.47. The predicted molar refractivity (Wildman–Crippen MR) is 101 cm³/mol. The molecule has 124 valence electrons. The summed E-state index contributed by atoms with van der Waals surface area (Å²) in [6, 6.07) is 17.9. The number of hydrogen-bond donors (Lipinski definition) is 0. The van der Waals surface area contributed by atoms with E-state index in [9.17, 15) is 0 Å². The van der Waals surface area contributed by atoms with Crippen LogP contribution in [-0.4, -0.2) is 32.6 Å². The Labute approximate surface area is 158 Å². The topological polar surface area (TPSA) is 6.48 Å². The molecule has 1 fully saturated rings. The summed E-state index contributed by atoms with van der Waals surface area (Å²) < 4.78 is 0. The molecule has 0 amide bonds. The lowest BCUT2D eigenvalue weighted by atomic mass is 10.2. The van der Waals surface area contributed by atoms with Crippen LogP contribution < -0.4 is 33.8 Å². The molecule has 4 heteroatoms. The van der Waals surface area contributed by atoms with Gasteiger partial charge in [-0.3, -0.25) is 0 Å². The second kappa shape index (κ2) is 7.40. The Hall–Kier alpha value is -0.800. The first-order valence-corrected chi connectivity index (χ1v) is 10.9. The Morgan fingerprint density at radius 2 is 1.04 bits per heavy atom. The molecule has 0 spiro atoms. The molecule has 2 nitrogen and oxygen atoms in total. The standard InChI is InChI=1S/C19H26N2P.HI/c1-16-5-9-18(10-6-16)20-13-21(15-22(3,4)14-20)19-11-7-17(2)8-12-19;/h5-12H,13-15H2,1-4H3;1H/q+1;/p-1. The SMILES string of the molecule is Cc1ccc(N2CN(c3ccc(C)cc3)C[P+](C)(C)C2)cc1.[I-]. The fourth-order valence-corrected chi connectivity index (χ4v) is 5.55. The summed E-state index contributed by atoms with van der Waals surface area (Å²) in [7, 11) is -0.952. The van der Waals surface area contributed by atoms with E-state index in [0.29, 0.717) is 0 Å². The van der Waals surface area contributed by atoms with Gasteiger partial charge in [-0.15, -0.1) is 0 Å². The van der Waals surface area contributed by atoms with E-state index in [1.165, 1.54) is 35.1 Å². The summed E-state index contributed by atoms with van der Waals surface area (Å²) in [5.74, 6) is 0. The molecular formula is C19H26IN2P. The first-order chi connectivity index (χ1) is 10.4. The van der Waals surface area contributed by atoms with E-state index in [2.05, 4.69) is 85.5 Å². The third-order valence-corrected chi connectivity index (χ3v) is 6.46. The zero-order valence-electron chi connectivity index (χ0n) is 14.5. The average molecular weight is 440 g/mol. The van der Waals surface area contributed by atoms with Gasteiger partial charge in [0, 0.05) is 18.6 Å². The highest BCUT2D eigenvalue weighted by Gasteiger charge is 2.37. The molecule has 0 bridgehead atoms. The van der Waals surface area contributed by atoms with E-state index in [-0.39, 0.29) is 24.0 Å². The minimum absolute atomic E-state index is 0. The van der Waals surface area contributed by atoms with Crippen LogP contribution in [0.4, 0.5) is 11.4 Å². The van der Waals surface area contributed by atoms with Crippen LogP contribution >= 0.6 is 7.26 Å². The van der Waals surface area contributed by atoms with Crippen molar-refractivity contribution in [2.45, 2.75) is 13.8 Å². The van der Waals surface area contributed by atoms with Gasteiger partial charge in [-0.25, -0.2) is 0 Å². The highest BCUT2D eigenvalue weighted by molar-refractivity contribution is 7.74. The lowest BCUT2D eigenvalue weighted by Gasteiger charge is -2.42. The number of halogens is 1. The normalized spacial score (nSPS) is 16.9. The largest absolute Gasteiger partial charge is 1.00 e. The van der Waals surface area contributed by atoms with E-state index < -0.39 is 7.26 Å². The van der Waals surface area contributed by atoms with Crippen LogP contribution in [-0.2, 0) is 0 Å². The van der Waals surface area contributed by atoms with Crippen LogP contribution in [0, 0.1) is 13.8 Å². The number of rotatable bonds is 2. The maximum Gasteiger partial charge on any atom is 0.133 e. The predicted octanol–water partition coefficient (Wildman–Crippen LogP) is 1.78. The number of benzene rings is 2. The van der Waals surface area contributed by atoms with Gasteiger partial charge in [0.1, 0.15) is 12.6 Å². The Morgan fingerprint density at radius 1 is 0.696 bits per heavy atom. The van der Waals surface area contributed by atoms with Gasteiger partial charge >= 0.3 is 0 Å². The number of nitrogens with zero attached hydrogens (tertiary/aromatic N) is 2. The van der Waals surface area contributed by atoms with Gasteiger partial charge in [-0.05, 0) is 38.1 Å². The van der Waals surface area contributed by atoms with Crippen molar-refractivity contribution in [2.24, 2.45) is 0 Å². The van der Waals surface area contributed by atoms with Crippen molar-refractivity contribution in [1.29, 1.82) is 0 Å². The molecule has 3 rings (SSSR count). The molecule has 0 atom stereocenters. The summed E-state index contributed by atoms with van der Waals surface area (Å²) in [4.78, 5) is 5.08. The zero-order chi connectivity index (χ0) is 15.7. The van der Waals surface area contributed by atoms with Crippen LogP contribution in [0.25, 0.3) is 0 Å². The van der Waals surface area contributed by atoms with Crippen LogP contribution in [0.2, 0.25) is 0 Å². The number of hydrogen-bond acceptors (Lipinski definition) is 2.